The minimum atomic E-state index is -4.68. The molecular formula is C20H21F3N6O. The quantitative estimate of drug-likeness (QED) is 0.591. The van der Waals surface area contributed by atoms with Crippen molar-refractivity contribution < 1.29 is 18.3 Å². The van der Waals surface area contributed by atoms with Gasteiger partial charge in [-0.2, -0.15) is 17.9 Å². The van der Waals surface area contributed by atoms with Gasteiger partial charge in [0.2, 0.25) is 0 Å². The standard InChI is InChI=1S/C20H21F3N6O/c21-20(22,23)19-26-27-28-29(19)15-8-9-17(30)14(11-15)12-25-16-7-4-10-24-18(16)13-5-2-1-3-6-13/h1-3,5-6,8-9,11,16,18,24-25,30H,4,7,10,12H2/t16-,18-/m0/s1. The summed E-state index contributed by atoms with van der Waals surface area (Å²) < 4.78 is 40.0. The Hall–Kier alpha value is -2.98. The first kappa shape index (κ1) is 20.3. The van der Waals surface area contributed by atoms with Crippen molar-refractivity contribution >= 4 is 0 Å². The van der Waals surface area contributed by atoms with Crippen LogP contribution in [-0.2, 0) is 12.7 Å². The lowest BCUT2D eigenvalue weighted by atomic mass is 9.92. The summed E-state index contributed by atoms with van der Waals surface area (Å²) in [5, 5.41) is 26.8. The summed E-state index contributed by atoms with van der Waals surface area (Å²) in [6.45, 7) is 1.21. The lowest BCUT2D eigenvalue weighted by Crippen LogP contribution is -2.45. The van der Waals surface area contributed by atoms with Crippen molar-refractivity contribution in [1.29, 1.82) is 0 Å². The molecule has 1 aliphatic heterocycles. The molecule has 158 valence electrons. The van der Waals surface area contributed by atoms with Crippen molar-refractivity contribution in [2.75, 3.05) is 6.54 Å². The van der Waals surface area contributed by atoms with Gasteiger partial charge in [0.25, 0.3) is 5.82 Å². The maximum atomic E-state index is 13.1. The number of tetrazole rings is 1. The van der Waals surface area contributed by atoms with Crippen molar-refractivity contribution in [2.24, 2.45) is 0 Å². The molecule has 1 aliphatic rings. The Bertz CT molecular complexity index is 992. The van der Waals surface area contributed by atoms with Crippen LogP contribution in [0.1, 0.15) is 35.8 Å². The average molecular weight is 418 g/mol. The number of aromatic nitrogens is 4. The minimum absolute atomic E-state index is 0.00656. The maximum Gasteiger partial charge on any atom is 0.453 e. The predicted molar refractivity (Wildman–Crippen MR) is 103 cm³/mol. The maximum absolute atomic E-state index is 13.1. The molecule has 3 aromatic rings. The molecule has 2 heterocycles. The molecule has 7 nitrogen and oxygen atoms in total. The van der Waals surface area contributed by atoms with Gasteiger partial charge >= 0.3 is 6.18 Å². The Kier molecular flexibility index (Phi) is 5.69. The third-order valence-corrected chi connectivity index (χ3v) is 5.20. The number of piperidine rings is 1. The third-order valence-electron chi connectivity index (χ3n) is 5.20. The van der Waals surface area contributed by atoms with E-state index in [1.807, 2.05) is 18.2 Å². The van der Waals surface area contributed by atoms with Crippen LogP contribution in [0.4, 0.5) is 13.2 Å². The lowest BCUT2D eigenvalue weighted by Gasteiger charge is -2.34. The number of hydrogen-bond donors (Lipinski definition) is 3. The van der Waals surface area contributed by atoms with Crippen molar-refractivity contribution in [3.05, 3.63) is 65.5 Å². The zero-order valence-corrected chi connectivity index (χ0v) is 16.0. The molecule has 1 saturated heterocycles. The summed E-state index contributed by atoms with van der Waals surface area (Å²) in [5.74, 6) is -1.22. The summed E-state index contributed by atoms with van der Waals surface area (Å²) in [7, 11) is 0. The molecular weight excluding hydrogens is 397 g/mol. The molecule has 2 atom stereocenters. The molecule has 10 heteroatoms. The van der Waals surface area contributed by atoms with E-state index in [9.17, 15) is 18.3 Å². The summed E-state index contributed by atoms with van der Waals surface area (Å²) in [6, 6.07) is 14.4. The van der Waals surface area contributed by atoms with Crippen LogP contribution in [0.2, 0.25) is 0 Å². The summed E-state index contributed by atoms with van der Waals surface area (Å²) in [4.78, 5) is 0. The topological polar surface area (TPSA) is 87.9 Å². The van der Waals surface area contributed by atoms with Crippen molar-refractivity contribution in [2.45, 2.75) is 37.6 Å². The monoisotopic (exact) mass is 418 g/mol. The van der Waals surface area contributed by atoms with E-state index in [1.165, 1.54) is 18.2 Å². The van der Waals surface area contributed by atoms with Crippen LogP contribution < -0.4 is 10.6 Å². The number of phenols is 1. The molecule has 0 radical (unpaired) electrons. The van der Waals surface area contributed by atoms with Gasteiger partial charge in [-0.15, -0.1) is 5.10 Å². The van der Waals surface area contributed by atoms with E-state index in [-0.39, 0.29) is 23.5 Å². The number of rotatable bonds is 5. The zero-order chi connectivity index (χ0) is 21.1. The van der Waals surface area contributed by atoms with Gasteiger partial charge in [0.1, 0.15) is 5.75 Å². The van der Waals surface area contributed by atoms with Crippen molar-refractivity contribution in [3.8, 4) is 11.4 Å². The van der Waals surface area contributed by atoms with Gasteiger partial charge in [0.05, 0.1) is 5.69 Å². The summed E-state index contributed by atoms with van der Waals surface area (Å²) in [5.41, 5.74) is 1.76. The van der Waals surface area contributed by atoms with Crippen LogP contribution in [0.25, 0.3) is 5.69 Å². The highest BCUT2D eigenvalue weighted by Crippen LogP contribution is 2.30. The molecule has 0 aliphatic carbocycles. The molecule has 0 saturated carbocycles. The zero-order valence-electron chi connectivity index (χ0n) is 16.0. The fourth-order valence-corrected chi connectivity index (χ4v) is 3.74. The molecule has 0 unspecified atom stereocenters. The highest BCUT2D eigenvalue weighted by molar-refractivity contribution is 5.43. The van der Waals surface area contributed by atoms with Gasteiger partial charge < -0.3 is 15.7 Å². The van der Waals surface area contributed by atoms with Gasteiger partial charge in [-0.1, -0.05) is 30.3 Å². The van der Waals surface area contributed by atoms with E-state index < -0.39 is 12.0 Å². The van der Waals surface area contributed by atoms with Gasteiger partial charge in [-0.05, 0) is 53.6 Å². The Morgan fingerprint density at radius 3 is 2.73 bits per heavy atom. The Labute approximate surface area is 170 Å². The predicted octanol–water partition coefficient (Wildman–Crippen LogP) is 2.97. The molecule has 30 heavy (non-hydrogen) atoms. The lowest BCUT2D eigenvalue weighted by molar-refractivity contribution is -0.146. The second-order valence-electron chi connectivity index (χ2n) is 7.20. The first-order valence-corrected chi connectivity index (χ1v) is 9.63. The normalized spacial score (nSPS) is 19.7. The van der Waals surface area contributed by atoms with Gasteiger partial charge in [0, 0.05) is 24.2 Å². The van der Waals surface area contributed by atoms with E-state index in [4.69, 9.17) is 0 Å². The Morgan fingerprint density at radius 1 is 1.17 bits per heavy atom. The Morgan fingerprint density at radius 2 is 1.97 bits per heavy atom. The molecule has 2 aromatic carbocycles. The second-order valence-corrected chi connectivity index (χ2v) is 7.20. The minimum Gasteiger partial charge on any atom is -0.508 e. The highest BCUT2D eigenvalue weighted by Gasteiger charge is 2.38. The fourth-order valence-electron chi connectivity index (χ4n) is 3.74. The second kappa shape index (κ2) is 8.41. The first-order valence-electron chi connectivity index (χ1n) is 9.63. The van der Waals surface area contributed by atoms with E-state index in [0.29, 0.717) is 16.8 Å². The number of halogens is 3. The van der Waals surface area contributed by atoms with Gasteiger partial charge in [-0.25, -0.2) is 0 Å². The van der Waals surface area contributed by atoms with Gasteiger partial charge in [-0.3, -0.25) is 0 Å². The molecule has 4 rings (SSSR count). The molecule has 0 bridgehead atoms. The van der Waals surface area contributed by atoms with Crippen molar-refractivity contribution in [3.63, 3.8) is 0 Å². The largest absolute Gasteiger partial charge is 0.508 e. The van der Waals surface area contributed by atoms with Crippen molar-refractivity contribution in [1.82, 2.24) is 30.8 Å². The summed E-state index contributed by atoms with van der Waals surface area (Å²) in [6.07, 6.45) is -2.73. The molecule has 3 N–H and O–H groups in total. The number of nitrogens with one attached hydrogen (secondary N) is 2. The first-order chi connectivity index (χ1) is 14.4. The number of benzene rings is 2. The van der Waals surface area contributed by atoms with E-state index in [0.717, 1.165) is 24.9 Å². The van der Waals surface area contributed by atoms with Crippen LogP contribution in [0, 0.1) is 0 Å². The van der Waals surface area contributed by atoms with Crippen LogP contribution >= 0.6 is 0 Å². The Balaban J connectivity index is 1.54. The van der Waals surface area contributed by atoms with Crippen LogP contribution in [0.15, 0.2) is 48.5 Å². The number of aromatic hydroxyl groups is 1. The number of hydrogen-bond acceptors (Lipinski definition) is 6. The smallest absolute Gasteiger partial charge is 0.453 e. The van der Waals surface area contributed by atoms with Crippen LogP contribution in [0.3, 0.4) is 0 Å². The van der Waals surface area contributed by atoms with E-state index in [2.05, 4.69) is 38.3 Å². The third kappa shape index (κ3) is 4.29. The molecule has 0 spiro atoms. The number of phenolic OH excluding ortho intramolecular Hbond substituents is 1. The van der Waals surface area contributed by atoms with Gasteiger partial charge in [0.15, 0.2) is 0 Å². The van der Waals surface area contributed by atoms with Crippen LogP contribution in [-0.4, -0.2) is 37.9 Å². The number of nitrogens with zero attached hydrogens (tertiary/aromatic N) is 4. The fraction of sp³-hybridized carbons (Fsp3) is 0.350. The summed E-state index contributed by atoms with van der Waals surface area (Å²) >= 11 is 0. The van der Waals surface area contributed by atoms with Crippen LogP contribution in [0.5, 0.6) is 5.75 Å². The average Bonchev–Trinajstić information content (AvgIpc) is 3.25. The number of alkyl halides is 3. The molecule has 1 aromatic heterocycles. The highest BCUT2D eigenvalue weighted by atomic mass is 19.4. The van der Waals surface area contributed by atoms with E-state index in [1.54, 1.807) is 0 Å². The van der Waals surface area contributed by atoms with E-state index >= 15 is 0 Å². The SMILES string of the molecule is Oc1ccc(-n2nnnc2C(F)(F)F)cc1CN[C@H]1CCCN[C@H]1c1ccccc1. The molecule has 0 amide bonds. The molecule has 1 fully saturated rings.